The van der Waals surface area contributed by atoms with E-state index < -0.39 is 55.7 Å². The number of amides is 2. The predicted octanol–water partition coefficient (Wildman–Crippen LogP) is 6.31. The highest BCUT2D eigenvalue weighted by atomic mass is 32.2. The molecule has 13 nitrogen and oxygen atoms in total. The molecule has 1 aromatic carbocycles. The number of Topliss-reactive ketones (excluding diaryl/α,β-unsaturated/α-hetero) is 1. The Balaban J connectivity index is 1.37. The van der Waals surface area contributed by atoms with Crippen molar-refractivity contribution >= 4 is 44.4 Å². The number of methoxy groups -OCH3 is 1. The fraction of sp³-hybridized carbons (Fsp3) is 0.651. The molecular formula is C43H59N3O10S. The van der Waals surface area contributed by atoms with E-state index in [0.717, 1.165) is 11.8 Å². The minimum Gasteiger partial charge on any atom is -0.497 e. The van der Waals surface area contributed by atoms with Crippen molar-refractivity contribution in [3.05, 3.63) is 36.4 Å². The number of hydrogen-bond acceptors (Lipinski definition) is 11. The molecule has 6 rings (SSSR count). The van der Waals surface area contributed by atoms with E-state index in [1.807, 2.05) is 38.1 Å². The number of benzene rings is 1. The topological polar surface area (TPSA) is 168 Å². The van der Waals surface area contributed by atoms with E-state index in [-0.39, 0.29) is 61.1 Å². The number of fused-ring (bicyclic) bond motifs is 3. The first-order valence-corrected chi connectivity index (χ1v) is 21.8. The Kier molecular flexibility index (Phi) is 12.1. The molecule has 2 aromatic rings. The third-order valence-corrected chi connectivity index (χ3v) is 14.3. The molecule has 0 unspecified atom stereocenters. The minimum atomic E-state index is -3.96. The average molecular weight is 810 g/mol. The van der Waals surface area contributed by atoms with Crippen LogP contribution in [0.15, 0.2) is 36.4 Å². The quantitative estimate of drug-likeness (QED) is 0.211. The number of nitrogens with zero attached hydrogens (tertiary/aromatic N) is 2. The normalized spacial score (nSPS) is 29.6. The Morgan fingerprint density at radius 3 is 2.49 bits per heavy atom. The van der Waals surface area contributed by atoms with Crippen molar-refractivity contribution in [2.24, 2.45) is 29.1 Å². The monoisotopic (exact) mass is 809 g/mol. The highest BCUT2D eigenvalue weighted by molar-refractivity contribution is 7.91. The van der Waals surface area contributed by atoms with Crippen molar-refractivity contribution in [1.82, 2.24) is 14.6 Å². The largest absolute Gasteiger partial charge is 0.497 e. The number of carbonyl (C=O) groups excluding carboxylic acids is 4. The lowest BCUT2D eigenvalue weighted by Crippen LogP contribution is -2.48. The number of carbonyl (C=O) groups is 4. The van der Waals surface area contributed by atoms with Crippen molar-refractivity contribution < 1.29 is 46.5 Å². The van der Waals surface area contributed by atoms with Crippen LogP contribution in [-0.2, 0) is 33.9 Å². The molecule has 1 N–H and O–H groups in total. The van der Waals surface area contributed by atoms with Gasteiger partial charge in [-0.25, -0.2) is 8.42 Å². The second-order valence-electron chi connectivity index (χ2n) is 18.0. The second kappa shape index (κ2) is 16.2. The fourth-order valence-corrected chi connectivity index (χ4v) is 9.76. The molecule has 0 bridgehead atoms. The average Bonchev–Trinajstić information content (AvgIpc) is 4.01. The molecule has 4 aliphatic rings. The van der Waals surface area contributed by atoms with E-state index in [9.17, 15) is 27.6 Å². The summed E-state index contributed by atoms with van der Waals surface area (Å²) in [6.07, 6.45) is 6.35. The predicted molar refractivity (Wildman–Crippen MR) is 214 cm³/mol. The number of sulfonamides is 1. The van der Waals surface area contributed by atoms with Crippen molar-refractivity contribution in [2.45, 2.75) is 129 Å². The number of allylic oxidation sites excluding steroid dienone is 2. The third-order valence-electron chi connectivity index (χ3n) is 12.2. The van der Waals surface area contributed by atoms with Crippen LogP contribution in [0.2, 0.25) is 0 Å². The number of rotatable bonds is 10. The van der Waals surface area contributed by atoms with E-state index in [0.29, 0.717) is 55.7 Å². The maximum absolute atomic E-state index is 14.9. The number of nitrogens with one attached hydrogen (secondary N) is 1. The minimum absolute atomic E-state index is 0.0236. The number of pyridine rings is 1. The van der Waals surface area contributed by atoms with Gasteiger partial charge in [-0.15, -0.1) is 0 Å². The van der Waals surface area contributed by atoms with Crippen LogP contribution >= 0.6 is 0 Å². The maximum Gasteiger partial charge on any atom is 0.307 e. The zero-order chi connectivity index (χ0) is 41.5. The molecule has 1 saturated heterocycles. The van der Waals surface area contributed by atoms with E-state index in [1.165, 1.54) is 4.90 Å². The van der Waals surface area contributed by atoms with Gasteiger partial charge in [0.15, 0.2) is 5.78 Å². The summed E-state index contributed by atoms with van der Waals surface area (Å²) in [5.74, 6) is -1.84. The summed E-state index contributed by atoms with van der Waals surface area (Å²) in [6.45, 7) is 13.3. The number of esters is 1. The SMILES string of the molecule is CCOc1cc2cc(OC)ccc2c(O[C@@H]2C[C@H]3C(=O)C[C@]4(C(=O)NS(=O)(=O)C5(C)CC5)C[C@H]4/C=C\CC[C@H](C)C[C@@H](C)[C@H](CC(=O)OC(C)(C)C)C(=O)N3C2)n1. The molecule has 2 amide bonds. The van der Waals surface area contributed by atoms with Crippen molar-refractivity contribution in [1.29, 1.82) is 0 Å². The van der Waals surface area contributed by atoms with Gasteiger partial charge in [-0.1, -0.05) is 26.0 Å². The summed E-state index contributed by atoms with van der Waals surface area (Å²) in [7, 11) is -2.39. The van der Waals surface area contributed by atoms with E-state index in [4.69, 9.17) is 18.9 Å². The van der Waals surface area contributed by atoms with Crippen LogP contribution in [0, 0.1) is 29.1 Å². The lowest BCUT2D eigenvalue weighted by atomic mass is 9.82. The van der Waals surface area contributed by atoms with Crippen LogP contribution in [-0.4, -0.2) is 84.6 Å². The standard InChI is InChI=1S/C43H59N3O10S/c1-9-54-36-20-28-19-30(53-8)14-15-32(28)38(44-36)55-31-21-34-35(47)24-43(40(50)45-57(51,52)42(7)16-17-42)23-29(43)13-11-10-12-26(2)18-27(3)33(39(49)46(34)25-31)22-37(48)56-41(4,5)6/h11,13-15,19-20,26-27,29,31,33-34H,9-10,12,16-18,21-25H2,1-8H3,(H,45,50)/b13-11-/t26-,27+,29+,31+,33-,34-,43+/m0/s1. The molecule has 1 aromatic heterocycles. The van der Waals surface area contributed by atoms with Gasteiger partial charge in [0.25, 0.3) is 0 Å². The van der Waals surface area contributed by atoms with Gasteiger partial charge in [0.2, 0.25) is 33.6 Å². The highest BCUT2D eigenvalue weighted by Gasteiger charge is 2.62. The van der Waals surface area contributed by atoms with Gasteiger partial charge in [0.05, 0.1) is 48.8 Å². The van der Waals surface area contributed by atoms with Crippen LogP contribution in [0.1, 0.15) is 106 Å². The van der Waals surface area contributed by atoms with E-state index in [2.05, 4.69) is 16.6 Å². The summed E-state index contributed by atoms with van der Waals surface area (Å²) < 4.78 is 51.4. The van der Waals surface area contributed by atoms with Crippen molar-refractivity contribution in [2.75, 3.05) is 20.3 Å². The lowest BCUT2D eigenvalue weighted by molar-refractivity contribution is -0.160. The molecule has 0 spiro atoms. The van der Waals surface area contributed by atoms with Gasteiger partial charge < -0.3 is 23.8 Å². The van der Waals surface area contributed by atoms with Gasteiger partial charge >= 0.3 is 5.97 Å². The molecule has 7 atom stereocenters. The fourth-order valence-electron chi connectivity index (χ4n) is 8.43. The van der Waals surface area contributed by atoms with Gasteiger partial charge in [-0.2, -0.15) is 4.98 Å². The third kappa shape index (κ3) is 9.42. The van der Waals surface area contributed by atoms with E-state index in [1.54, 1.807) is 46.9 Å². The summed E-state index contributed by atoms with van der Waals surface area (Å²) in [5, 5.41) is 1.44. The number of aromatic nitrogens is 1. The van der Waals surface area contributed by atoms with E-state index >= 15 is 0 Å². The molecule has 312 valence electrons. The van der Waals surface area contributed by atoms with Crippen LogP contribution in [0.25, 0.3) is 10.8 Å². The Labute approximate surface area is 336 Å². The van der Waals surface area contributed by atoms with Crippen LogP contribution < -0.4 is 18.9 Å². The first-order chi connectivity index (χ1) is 26.8. The maximum atomic E-state index is 14.9. The molecule has 2 saturated carbocycles. The Hall–Kier alpha value is -4.20. The smallest absolute Gasteiger partial charge is 0.307 e. The number of ether oxygens (including phenoxy) is 4. The summed E-state index contributed by atoms with van der Waals surface area (Å²) in [6, 6.07) is 6.25. The Bertz CT molecular complexity index is 2020. The molecule has 2 aliphatic carbocycles. The zero-order valence-corrected chi connectivity index (χ0v) is 35.4. The van der Waals surface area contributed by atoms with Crippen LogP contribution in [0.3, 0.4) is 0 Å². The molecule has 2 aliphatic heterocycles. The highest BCUT2D eigenvalue weighted by Crippen LogP contribution is 2.58. The molecule has 3 fully saturated rings. The molecule has 57 heavy (non-hydrogen) atoms. The first-order valence-electron chi connectivity index (χ1n) is 20.3. The summed E-state index contributed by atoms with van der Waals surface area (Å²) in [5.41, 5.74) is -2.04. The molecular weight excluding hydrogens is 751 g/mol. The Morgan fingerprint density at radius 1 is 1.09 bits per heavy atom. The molecule has 14 heteroatoms. The van der Waals surface area contributed by atoms with Gasteiger partial charge in [-0.05, 0) is 114 Å². The Morgan fingerprint density at radius 2 is 1.82 bits per heavy atom. The van der Waals surface area contributed by atoms with Crippen molar-refractivity contribution in [3.8, 4) is 17.5 Å². The number of ketones is 1. The van der Waals surface area contributed by atoms with Crippen molar-refractivity contribution in [3.63, 3.8) is 0 Å². The number of hydrogen-bond donors (Lipinski definition) is 1. The van der Waals surface area contributed by atoms with Gasteiger partial charge in [-0.3, -0.25) is 23.9 Å². The lowest BCUT2D eigenvalue weighted by Gasteiger charge is -2.32. The van der Waals surface area contributed by atoms with Gasteiger partial charge in [0, 0.05) is 24.3 Å². The summed E-state index contributed by atoms with van der Waals surface area (Å²) in [4.78, 5) is 63.3. The summed E-state index contributed by atoms with van der Waals surface area (Å²) >= 11 is 0. The zero-order valence-electron chi connectivity index (χ0n) is 34.6. The van der Waals surface area contributed by atoms with Gasteiger partial charge in [0.1, 0.15) is 17.5 Å². The van der Waals surface area contributed by atoms with Crippen LogP contribution in [0.5, 0.6) is 17.5 Å². The van der Waals surface area contributed by atoms with Crippen LogP contribution in [0.4, 0.5) is 0 Å². The molecule has 3 heterocycles. The first kappa shape index (κ1) is 42.4. The second-order valence-corrected chi connectivity index (χ2v) is 20.2. The molecule has 0 radical (unpaired) electrons.